The van der Waals surface area contributed by atoms with Crippen LogP contribution >= 0.6 is 0 Å². The number of nitro benzene ring substituents is 1. The number of benzene rings is 1. The molecule has 70 valence electrons. The molecule has 0 aliphatic rings. The standard InChI is InChI=1S/C8H7NO4.Na.H/c10-8(11)5-6-1-3-7(4-2-6)9(12)13;;/h1-4H,5H2,(H,10,11);;. The molecule has 1 N–H and O–H groups in total. The summed E-state index contributed by atoms with van der Waals surface area (Å²) in [5, 5.41) is 18.6. The first kappa shape index (κ1) is 13.1. The molecular formula is C8H8NNaO4. The molecule has 0 saturated carbocycles. The Morgan fingerprint density at radius 3 is 2.21 bits per heavy atom. The van der Waals surface area contributed by atoms with Crippen molar-refractivity contribution in [3.05, 3.63) is 39.9 Å². The number of aliphatic carboxylic acids is 1. The number of carboxylic acids is 1. The quantitative estimate of drug-likeness (QED) is 0.444. The van der Waals surface area contributed by atoms with E-state index < -0.39 is 10.9 Å². The van der Waals surface area contributed by atoms with Crippen LogP contribution in [0, 0.1) is 10.1 Å². The Morgan fingerprint density at radius 2 is 1.86 bits per heavy atom. The first-order valence-corrected chi connectivity index (χ1v) is 3.54. The van der Waals surface area contributed by atoms with Crippen LogP contribution < -0.4 is 0 Å². The second-order valence-electron chi connectivity index (χ2n) is 2.49. The zero-order chi connectivity index (χ0) is 9.84. The number of carbonyl (C=O) groups is 1. The average Bonchev–Trinajstić information content (AvgIpc) is 2.04. The van der Waals surface area contributed by atoms with E-state index in [9.17, 15) is 14.9 Å². The van der Waals surface area contributed by atoms with Crippen LogP contribution in [0.3, 0.4) is 0 Å². The van der Waals surface area contributed by atoms with Crippen LogP contribution in [0.5, 0.6) is 0 Å². The number of nitro groups is 1. The third kappa shape index (κ3) is 3.87. The first-order valence-electron chi connectivity index (χ1n) is 3.54. The molecule has 0 unspecified atom stereocenters. The summed E-state index contributed by atoms with van der Waals surface area (Å²) in [4.78, 5) is 20.0. The van der Waals surface area contributed by atoms with Crippen molar-refractivity contribution in [3.63, 3.8) is 0 Å². The van der Waals surface area contributed by atoms with Crippen LogP contribution in [0.4, 0.5) is 5.69 Å². The third-order valence-corrected chi connectivity index (χ3v) is 1.50. The van der Waals surface area contributed by atoms with E-state index >= 15 is 0 Å². The molecule has 0 spiro atoms. The zero-order valence-corrected chi connectivity index (χ0v) is 6.64. The van der Waals surface area contributed by atoms with E-state index in [2.05, 4.69) is 0 Å². The van der Waals surface area contributed by atoms with Gasteiger partial charge in [-0.2, -0.15) is 0 Å². The second kappa shape index (κ2) is 5.74. The number of nitrogens with zero attached hydrogens (tertiary/aromatic N) is 1. The summed E-state index contributed by atoms with van der Waals surface area (Å²) < 4.78 is 0. The molecule has 0 amide bonds. The summed E-state index contributed by atoms with van der Waals surface area (Å²) in [6.07, 6.45) is -0.113. The molecule has 1 rings (SSSR count). The molecule has 0 radical (unpaired) electrons. The van der Waals surface area contributed by atoms with Crippen LogP contribution in [0.25, 0.3) is 0 Å². The van der Waals surface area contributed by atoms with Crippen LogP contribution in [-0.4, -0.2) is 45.6 Å². The van der Waals surface area contributed by atoms with Gasteiger partial charge in [0, 0.05) is 12.1 Å². The van der Waals surface area contributed by atoms with E-state index in [1.165, 1.54) is 24.3 Å². The van der Waals surface area contributed by atoms with Crippen LogP contribution in [0.15, 0.2) is 24.3 Å². The maximum absolute atomic E-state index is 10.3. The number of non-ortho nitro benzene ring substituents is 1. The molecule has 6 heteroatoms. The summed E-state index contributed by atoms with van der Waals surface area (Å²) in [6.45, 7) is 0. The van der Waals surface area contributed by atoms with Gasteiger partial charge in [0.25, 0.3) is 5.69 Å². The van der Waals surface area contributed by atoms with E-state index in [0.29, 0.717) is 5.56 Å². The Kier molecular flexibility index (Phi) is 5.37. The Morgan fingerprint density at radius 1 is 1.36 bits per heavy atom. The SMILES string of the molecule is O=C(O)Cc1ccc([N+](=O)[O-])cc1.[NaH]. The summed E-state index contributed by atoms with van der Waals surface area (Å²) >= 11 is 0. The van der Waals surface area contributed by atoms with Gasteiger partial charge in [-0.05, 0) is 5.56 Å². The van der Waals surface area contributed by atoms with Crippen LogP contribution in [0.2, 0.25) is 0 Å². The van der Waals surface area contributed by atoms with Gasteiger partial charge in [-0.15, -0.1) is 0 Å². The Balaban J connectivity index is 0.00000169. The predicted molar refractivity (Wildman–Crippen MR) is 51.6 cm³/mol. The molecule has 14 heavy (non-hydrogen) atoms. The predicted octanol–water partition coefficient (Wildman–Crippen LogP) is 0.573. The number of hydrogen-bond donors (Lipinski definition) is 1. The molecule has 0 saturated heterocycles. The van der Waals surface area contributed by atoms with Gasteiger partial charge in [-0.3, -0.25) is 14.9 Å². The Hall–Kier alpha value is -0.910. The minimum atomic E-state index is -0.950. The van der Waals surface area contributed by atoms with Crippen molar-refractivity contribution in [3.8, 4) is 0 Å². The summed E-state index contributed by atoms with van der Waals surface area (Å²) in [5.41, 5.74) is 0.521. The maximum atomic E-state index is 10.3. The van der Waals surface area contributed by atoms with E-state index in [0.717, 1.165) is 0 Å². The van der Waals surface area contributed by atoms with Crippen molar-refractivity contribution in [1.82, 2.24) is 0 Å². The van der Waals surface area contributed by atoms with Crippen LogP contribution in [-0.2, 0) is 11.2 Å². The van der Waals surface area contributed by atoms with Crippen molar-refractivity contribution in [2.24, 2.45) is 0 Å². The van der Waals surface area contributed by atoms with E-state index in [-0.39, 0.29) is 41.7 Å². The molecule has 0 aromatic heterocycles. The molecule has 1 aromatic carbocycles. The fourth-order valence-corrected chi connectivity index (χ4v) is 0.910. The second-order valence-corrected chi connectivity index (χ2v) is 2.49. The van der Waals surface area contributed by atoms with Crippen molar-refractivity contribution < 1.29 is 14.8 Å². The molecule has 0 aliphatic carbocycles. The number of hydrogen-bond acceptors (Lipinski definition) is 3. The van der Waals surface area contributed by atoms with Gasteiger partial charge in [0.05, 0.1) is 11.3 Å². The molecule has 5 nitrogen and oxygen atoms in total. The molecule has 0 fully saturated rings. The van der Waals surface area contributed by atoms with Crippen LogP contribution in [0.1, 0.15) is 5.56 Å². The first-order chi connectivity index (χ1) is 6.09. The fraction of sp³-hybridized carbons (Fsp3) is 0.125. The van der Waals surface area contributed by atoms with E-state index in [4.69, 9.17) is 5.11 Å². The normalized spacial score (nSPS) is 8.86. The molecular weight excluding hydrogens is 197 g/mol. The van der Waals surface area contributed by atoms with Gasteiger partial charge in [0.1, 0.15) is 0 Å². The van der Waals surface area contributed by atoms with Crippen molar-refractivity contribution in [2.45, 2.75) is 6.42 Å². The van der Waals surface area contributed by atoms with Crippen molar-refractivity contribution >= 4 is 41.2 Å². The average molecular weight is 205 g/mol. The monoisotopic (exact) mass is 205 g/mol. The molecule has 1 aromatic rings. The van der Waals surface area contributed by atoms with Gasteiger partial charge in [-0.25, -0.2) is 0 Å². The zero-order valence-electron chi connectivity index (χ0n) is 6.64. The van der Waals surface area contributed by atoms with E-state index in [1.807, 2.05) is 0 Å². The van der Waals surface area contributed by atoms with Gasteiger partial charge in [0.2, 0.25) is 0 Å². The van der Waals surface area contributed by atoms with Gasteiger partial charge in [0.15, 0.2) is 0 Å². The molecule has 0 bridgehead atoms. The Labute approximate surface area is 102 Å². The van der Waals surface area contributed by atoms with Gasteiger partial charge < -0.3 is 5.11 Å². The molecule has 0 heterocycles. The number of carboxylic acid groups (broad SMARTS) is 1. The van der Waals surface area contributed by atoms with Crippen molar-refractivity contribution in [1.29, 1.82) is 0 Å². The van der Waals surface area contributed by atoms with E-state index in [1.54, 1.807) is 0 Å². The summed E-state index contributed by atoms with van der Waals surface area (Å²) in [7, 11) is 0. The molecule has 0 aliphatic heterocycles. The minimum absolute atomic E-state index is 0. The van der Waals surface area contributed by atoms with Gasteiger partial charge >= 0.3 is 35.5 Å². The topological polar surface area (TPSA) is 80.4 Å². The fourth-order valence-electron chi connectivity index (χ4n) is 0.910. The third-order valence-electron chi connectivity index (χ3n) is 1.50. The summed E-state index contributed by atoms with van der Waals surface area (Å²) in [6, 6.07) is 5.45. The Bertz CT molecular complexity index is 336. The van der Waals surface area contributed by atoms with Crippen molar-refractivity contribution in [2.75, 3.05) is 0 Å². The number of rotatable bonds is 3. The van der Waals surface area contributed by atoms with Gasteiger partial charge in [-0.1, -0.05) is 12.1 Å². The molecule has 0 atom stereocenters. The summed E-state index contributed by atoms with van der Waals surface area (Å²) in [5.74, 6) is -0.950.